The zero-order chi connectivity index (χ0) is 22.5. The van der Waals surface area contributed by atoms with Crippen LogP contribution in [0, 0.1) is 0 Å². The first-order chi connectivity index (χ1) is 15.5. The number of hydrazone groups is 1. The van der Waals surface area contributed by atoms with Crippen LogP contribution in [0.5, 0.6) is 0 Å². The maximum atomic E-state index is 12.5. The molecule has 11 nitrogen and oxygen atoms in total. The van der Waals surface area contributed by atoms with Crippen molar-refractivity contribution < 1.29 is 14.4 Å². The monoisotopic (exact) mass is 432 g/mol. The summed E-state index contributed by atoms with van der Waals surface area (Å²) in [5.41, 5.74) is 7.61. The topological polar surface area (TPSA) is 148 Å². The highest BCUT2D eigenvalue weighted by molar-refractivity contribution is 6.40. The molecule has 0 bridgehead atoms. The molecule has 4 rings (SSSR count). The Balaban J connectivity index is 1.34. The number of anilines is 2. The maximum absolute atomic E-state index is 12.5. The van der Waals surface area contributed by atoms with Gasteiger partial charge < -0.3 is 16.4 Å². The van der Waals surface area contributed by atoms with E-state index >= 15 is 0 Å². The van der Waals surface area contributed by atoms with Crippen LogP contribution in [0.1, 0.15) is 6.42 Å². The number of rotatable bonds is 7. The van der Waals surface area contributed by atoms with Gasteiger partial charge in [-0.25, -0.2) is 9.67 Å². The van der Waals surface area contributed by atoms with Gasteiger partial charge in [0.15, 0.2) is 0 Å². The highest BCUT2D eigenvalue weighted by Crippen LogP contribution is 2.24. The van der Waals surface area contributed by atoms with Gasteiger partial charge in [0.2, 0.25) is 11.8 Å². The smallest absolute Gasteiger partial charge is 0.268 e. The SMILES string of the molecule is NC(=O)C1CC(C(=O)NCC(=O)Nc2ccc(-n3cncn3)cc2)=NN1c1ccccc1. The van der Waals surface area contributed by atoms with Crippen LogP contribution in [0.25, 0.3) is 5.69 Å². The van der Waals surface area contributed by atoms with Crippen LogP contribution < -0.4 is 21.4 Å². The first kappa shape index (κ1) is 20.7. The van der Waals surface area contributed by atoms with Crippen LogP contribution in [0.2, 0.25) is 0 Å². The van der Waals surface area contributed by atoms with Crippen molar-refractivity contribution in [3.8, 4) is 5.69 Å². The quantitative estimate of drug-likeness (QED) is 0.494. The van der Waals surface area contributed by atoms with Crippen LogP contribution in [0.15, 0.2) is 72.4 Å². The minimum atomic E-state index is -0.768. The summed E-state index contributed by atoms with van der Waals surface area (Å²) in [6.07, 6.45) is 3.05. The van der Waals surface area contributed by atoms with Crippen LogP contribution in [0.3, 0.4) is 0 Å². The number of aromatic nitrogens is 3. The predicted molar refractivity (Wildman–Crippen MR) is 117 cm³/mol. The second kappa shape index (κ2) is 9.08. The molecule has 4 N–H and O–H groups in total. The molecule has 2 aromatic carbocycles. The lowest BCUT2D eigenvalue weighted by Crippen LogP contribution is -2.40. The second-order valence-electron chi connectivity index (χ2n) is 6.97. The largest absolute Gasteiger partial charge is 0.368 e. The van der Waals surface area contributed by atoms with Crippen molar-refractivity contribution in [3.05, 3.63) is 67.3 Å². The minimum Gasteiger partial charge on any atom is -0.368 e. The molecule has 1 atom stereocenters. The van der Waals surface area contributed by atoms with Crippen molar-refractivity contribution in [2.24, 2.45) is 10.8 Å². The Morgan fingerprint density at radius 3 is 2.44 bits per heavy atom. The summed E-state index contributed by atoms with van der Waals surface area (Å²) in [4.78, 5) is 40.4. The number of nitrogens with zero attached hydrogens (tertiary/aromatic N) is 5. The third kappa shape index (κ3) is 4.61. The normalized spacial score (nSPS) is 15.2. The Morgan fingerprint density at radius 1 is 1.03 bits per heavy atom. The van der Waals surface area contributed by atoms with Crippen LogP contribution >= 0.6 is 0 Å². The summed E-state index contributed by atoms with van der Waals surface area (Å²) in [6.45, 7) is -0.255. The number of primary amides is 1. The molecule has 162 valence electrons. The molecule has 3 amide bonds. The lowest BCUT2D eigenvalue weighted by molar-refractivity contribution is -0.120. The second-order valence-corrected chi connectivity index (χ2v) is 6.97. The van der Waals surface area contributed by atoms with Gasteiger partial charge in [-0.2, -0.15) is 10.2 Å². The third-order valence-electron chi connectivity index (χ3n) is 4.77. The van der Waals surface area contributed by atoms with Crippen molar-refractivity contribution in [1.82, 2.24) is 20.1 Å². The van der Waals surface area contributed by atoms with E-state index in [2.05, 4.69) is 25.8 Å². The van der Waals surface area contributed by atoms with Crippen molar-refractivity contribution in [1.29, 1.82) is 0 Å². The Bertz CT molecular complexity index is 1140. The number of amides is 3. The van der Waals surface area contributed by atoms with E-state index in [1.807, 2.05) is 6.07 Å². The highest BCUT2D eigenvalue weighted by atomic mass is 16.2. The van der Waals surface area contributed by atoms with Crippen molar-refractivity contribution >= 4 is 34.8 Å². The average Bonchev–Trinajstić information content (AvgIpc) is 3.49. The van der Waals surface area contributed by atoms with Gasteiger partial charge in [-0.05, 0) is 36.4 Å². The summed E-state index contributed by atoms with van der Waals surface area (Å²) in [7, 11) is 0. The summed E-state index contributed by atoms with van der Waals surface area (Å²) in [6, 6.07) is 15.2. The number of nitrogens with one attached hydrogen (secondary N) is 2. The first-order valence-electron chi connectivity index (χ1n) is 9.75. The van der Waals surface area contributed by atoms with Crippen molar-refractivity contribution in [2.45, 2.75) is 12.5 Å². The molecule has 1 aliphatic rings. The molecule has 1 aliphatic heterocycles. The zero-order valence-electron chi connectivity index (χ0n) is 16.9. The van der Waals surface area contributed by atoms with Crippen LogP contribution in [-0.4, -0.2) is 50.8 Å². The van der Waals surface area contributed by atoms with Gasteiger partial charge in [0, 0.05) is 12.1 Å². The number of hydrogen-bond acceptors (Lipinski definition) is 7. The summed E-state index contributed by atoms with van der Waals surface area (Å²) in [5, 5.41) is 14.9. The molecule has 0 fully saturated rings. The number of benzene rings is 2. The predicted octanol–water partition coefficient (Wildman–Crippen LogP) is 0.442. The molecule has 1 unspecified atom stereocenters. The minimum absolute atomic E-state index is 0.0570. The molecule has 0 spiro atoms. The molecule has 32 heavy (non-hydrogen) atoms. The fourth-order valence-electron chi connectivity index (χ4n) is 3.19. The molecular weight excluding hydrogens is 412 g/mol. The summed E-state index contributed by atoms with van der Waals surface area (Å²) in [5.74, 6) is -1.53. The Morgan fingerprint density at radius 2 is 1.78 bits per heavy atom. The number of carbonyl (C=O) groups excluding carboxylic acids is 3. The van der Waals surface area contributed by atoms with Gasteiger partial charge in [-0.15, -0.1) is 0 Å². The zero-order valence-corrected chi connectivity index (χ0v) is 16.9. The van der Waals surface area contributed by atoms with Gasteiger partial charge in [0.05, 0.1) is 17.9 Å². The number of para-hydroxylation sites is 1. The molecule has 0 aliphatic carbocycles. The molecule has 2 heterocycles. The van der Waals surface area contributed by atoms with Gasteiger partial charge in [0.25, 0.3) is 5.91 Å². The van der Waals surface area contributed by atoms with Crippen molar-refractivity contribution in [3.63, 3.8) is 0 Å². The Kier molecular flexibility index (Phi) is 5.88. The maximum Gasteiger partial charge on any atom is 0.268 e. The Hall–Kier alpha value is -4.54. The molecule has 0 saturated carbocycles. The van der Waals surface area contributed by atoms with Crippen LogP contribution in [0.4, 0.5) is 11.4 Å². The molecule has 0 radical (unpaired) electrons. The lowest BCUT2D eigenvalue weighted by atomic mass is 10.1. The number of hydrogen-bond donors (Lipinski definition) is 3. The van der Waals surface area contributed by atoms with E-state index in [0.717, 1.165) is 5.69 Å². The van der Waals surface area contributed by atoms with Crippen LogP contribution in [-0.2, 0) is 14.4 Å². The lowest BCUT2D eigenvalue weighted by Gasteiger charge is -2.20. The molecule has 11 heteroatoms. The van der Waals surface area contributed by atoms with E-state index in [1.54, 1.807) is 59.5 Å². The van der Waals surface area contributed by atoms with E-state index in [0.29, 0.717) is 11.4 Å². The van der Waals surface area contributed by atoms with E-state index in [1.165, 1.54) is 11.3 Å². The van der Waals surface area contributed by atoms with Crippen molar-refractivity contribution in [2.75, 3.05) is 16.9 Å². The van der Waals surface area contributed by atoms with E-state index < -0.39 is 23.8 Å². The average molecular weight is 432 g/mol. The summed E-state index contributed by atoms with van der Waals surface area (Å²) < 4.78 is 1.59. The molecule has 3 aromatic rings. The van der Waals surface area contributed by atoms with E-state index in [9.17, 15) is 14.4 Å². The van der Waals surface area contributed by atoms with E-state index in [4.69, 9.17) is 5.73 Å². The van der Waals surface area contributed by atoms with Gasteiger partial charge in [-0.3, -0.25) is 19.4 Å². The van der Waals surface area contributed by atoms with E-state index in [-0.39, 0.29) is 18.7 Å². The standard InChI is InChI=1S/C21H20N8O3/c22-20(31)18-10-17(27-29(18)16-4-2-1-3-5-16)21(32)24-11-19(30)26-14-6-8-15(9-7-14)28-13-23-12-25-28/h1-9,12-13,18H,10-11H2,(H2,22,31)(H,24,32)(H,26,30). The number of nitrogens with two attached hydrogens (primary N) is 1. The van der Waals surface area contributed by atoms with Gasteiger partial charge >= 0.3 is 0 Å². The molecule has 1 aromatic heterocycles. The summed E-state index contributed by atoms with van der Waals surface area (Å²) >= 11 is 0. The first-order valence-corrected chi connectivity index (χ1v) is 9.75. The fourth-order valence-corrected chi connectivity index (χ4v) is 3.19. The third-order valence-corrected chi connectivity index (χ3v) is 4.77. The highest BCUT2D eigenvalue weighted by Gasteiger charge is 2.34. The fraction of sp³-hybridized carbons (Fsp3) is 0.143. The molecular formula is C21H20N8O3. The molecule has 0 saturated heterocycles. The van der Waals surface area contributed by atoms with Gasteiger partial charge in [-0.1, -0.05) is 18.2 Å². The Labute approximate surface area is 182 Å². The number of carbonyl (C=O) groups is 3. The van der Waals surface area contributed by atoms with Gasteiger partial charge in [0.1, 0.15) is 24.4 Å².